The molecule has 0 aromatic carbocycles. The zero-order valence-electron chi connectivity index (χ0n) is 37.4. The Morgan fingerprint density at radius 3 is 0.929 bits per heavy atom. The number of allylic oxidation sites excluding steroid dienone is 4. The highest BCUT2D eigenvalue weighted by Gasteiger charge is 2.12. The van der Waals surface area contributed by atoms with E-state index in [1.54, 1.807) is 0 Å². The molecule has 0 rings (SSSR count). The Bertz CT molecular complexity index is 732. The molecule has 0 aliphatic carbocycles. The van der Waals surface area contributed by atoms with Crippen LogP contribution in [0.5, 0.6) is 0 Å². The van der Waals surface area contributed by atoms with Crippen LogP contribution in [-0.4, -0.2) is 98.7 Å². The van der Waals surface area contributed by atoms with Gasteiger partial charge in [-0.15, -0.1) is 0 Å². The SMILES string of the molecule is CCCCCCCC/C=C\CCCCCCCC[NH+](CCOCCOCC[NH+](CCCCCCCC/C=C\CCCCCCCC)CCC(O)O)CCC(O)O. The fourth-order valence-electron chi connectivity index (χ4n) is 7.42. The molecular formula is C48H98N2O6+2. The number of ether oxygens (including phenoxy) is 2. The quantitative estimate of drug-likeness (QED) is 0.0211. The Morgan fingerprint density at radius 1 is 0.339 bits per heavy atom. The Labute approximate surface area is 347 Å². The van der Waals surface area contributed by atoms with E-state index in [1.165, 1.54) is 190 Å². The van der Waals surface area contributed by atoms with E-state index in [4.69, 9.17) is 9.47 Å². The summed E-state index contributed by atoms with van der Waals surface area (Å²) in [4.78, 5) is 2.76. The van der Waals surface area contributed by atoms with Crippen LogP contribution in [0, 0.1) is 0 Å². The van der Waals surface area contributed by atoms with Crippen LogP contribution in [0.3, 0.4) is 0 Å². The van der Waals surface area contributed by atoms with E-state index in [1.807, 2.05) is 0 Å². The first kappa shape index (κ1) is 55.2. The van der Waals surface area contributed by atoms with E-state index in [0.717, 1.165) is 39.3 Å². The molecule has 0 heterocycles. The molecule has 0 aromatic heterocycles. The topological polar surface area (TPSA) is 108 Å². The number of aliphatic hydroxyl groups is 4. The molecule has 0 saturated heterocycles. The van der Waals surface area contributed by atoms with Crippen molar-refractivity contribution >= 4 is 0 Å². The first-order chi connectivity index (χ1) is 27.5. The largest absolute Gasteiger partial charge is 0.373 e. The minimum atomic E-state index is -1.25. The number of nitrogens with one attached hydrogen (secondary N) is 2. The van der Waals surface area contributed by atoms with Gasteiger partial charge in [-0.2, -0.15) is 0 Å². The summed E-state index contributed by atoms with van der Waals surface area (Å²) in [5, 5.41) is 37.7. The maximum absolute atomic E-state index is 9.42. The number of rotatable bonds is 47. The van der Waals surface area contributed by atoms with Crippen molar-refractivity contribution in [1.82, 2.24) is 0 Å². The Kier molecular flexibility index (Phi) is 46.1. The van der Waals surface area contributed by atoms with Crippen LogP contribution in [0.25, 0.3) is 0 Å². The van der Waals surface area contributed by atoms with E-state index in [9.17, 15) is 20.4 Å². The third-order valence-electron chi connectivity index (χ3n) is 11.2. The lowest BCUT2D eigenvalue weighted by Crippen LogP contribution is -3.12. The molecular weight excluding hydrogens is 701 g/mol. The van der Waals surface area contributed by atoms with E-state index in [2.05, 4.69) is 38.2 Å². The van der Waals surface area contributed by atoms with Crippen molar-refractivity contribution in [3.63, 3.8) is 0 Å². The Morgan fingerprint density at radius 2 is 0.625 bits per heavy atom. The van der Waals surface area contributed by atoms with Gasteiger partial charge in [-0.1, -0.05) is 141 Å². The summed E-state index contributed by atoms with van der Waals surface area (Å²) in [6, 6.07) is 0. The third kappa shape index (κ3) is 45.9. The van der Waals surface area contributed by atoms with Crippen LogP contribution >= 0.6 is 0 Å². The zero-order valence-corrected chi connectivity index (χ0v) is 37.4. The normalized spacial score (nSPS) is 13.4. The van der Waals surface area contributed by atoms with Gasteiger partial charge in [-0.05, 0) is 77.0 Å². The molecule has 6 N–H and O–H groups in total. The number of hydrogen-bond donors (Lipinski definition) is 6. The van der Waals surface area contributed by atoms with Crippen LogP contribution in [0.4, 0.5) is 0 Å². The molecule has 56 heavy (non-hydrogen) atoms. The maximum Gasteiger partial charge on any atom is 0.156 e. The Balaban J connectivity index is 3.93. The highest BCUT2D eigenvalue weighted by atomic mass is 16.5. The smallest absolute Gasteiger partial charge is 0.156 e. The summed E-state index contributed by atoms with van der Waals surface area (Å²) >= 11 is 0. The molecule has 0 aromatic rings. The second-order valence-electron chi connectivity index (χ2n) is 16.6. The molecule has 334 valence electrons. The molecule has 0 saturated carbocycles. The summed E-state index contributed by atoms with van der Waals surface area (Å²) in [5.74, 6) is 0. The van der Waals surface area contributed by atoms with Crippen molar-refractivity contribution in [2.45, 2.75) is 219 Å². The molecule has 0 radical (unpaired) electrons. The average Bonchev–Trinajstić information content (AvgIpc) is 3.18. The van der Waals surface area contributed by atoms with E-state index >= 15 is 0 Å². The summed E-state index contributed by atoms with van der Waals surface area (Å²) in [7, 11) is 0. The fraction of sp³-hybridized carbons (Fsp3) is 0.917. The number of hydrogen-bond acceptors (Lipinski definition) is 6. The van der Waals surface area contributed by atoms with Gasteiger partial charge < -0.3 is 39.7 Å². The van der Waals surface area contributed by atoms with Crippen molar-refractivity contribution < 1.29 is 39.7 Å². The van der Waals surface area contributed by atoms with Crippen LogP contribution in [0.15, 0.2) is 24.3 Å². The highest BCUT2D eigenvalue weighted by Crippen LogP contribution is 2.11. The highest BCUT2D eigenvalue weighted by molar-refractivity contribution is 4.82. The zero-order chi connectivity index (χ0) is 40.8. The van der Waals surface area contributed by atoms with Gasteiger partial charge in [0.15, 0.2) is 12.6 Å². The van der Waals surface area contributed by atoms with Crippen molar-refractivity contribution in [3.8, 4) is 0 Å². The molecule has 0 aliphatic rings. The molecule has 0 amide bonds. The second kappa shape index (κ2) is 46.8. The molecule has 0 fully saturated rings. The average molecular weight is 799 g/mol. The molecule has 8 heteroatoms. The van der Waals surface area contributed by atoms with Gasteiger partial charge in [0, 0.05) is 12.8 Å². The maximum atomic E-state index is 9.42. The van der Waals surface area contributed by atoms with Crippen molar-refractivity contribution in [2.24, 2.45) is 0 Å². The number of unbranched alkanes of at least 4 members (excludes halogenated alkanes) is 24. The van der Waals surface area contributed by atoms with E-state index < -0.39 is 12.6 Å². The second-order valence-corrected chi connectivity index (χ2v) is 16.6. The van der Waals surface area contributed by atoms with Gasteiger partial charge in [0.05, 0.1) is 52.6 Å². The molecule has 8 nitrogen and oxygen atoms in total. The van der Waals surface area contributed by atoms with Crippen molar-refractivity contribution in [3.05, 3.63) is 24.3 Å². The first-order valence-corrected chi connectivity index (χ1v) is 24.3. The summed E-state index contributed by atoms with van der Waals surface area (Å²) in [6.45, 7) is 12.3. The standard InChI is InChI=1S/C48H96N2O6/c1-3-5-7-9-11-13-15-17-19-21-23-25-27-29-31-33-37-49(39-35-47(51)52)41-43-55-45-46-56-44-42-50(40-36-48(53)54)38-34-32-30-28-26-24-22-20-18-16-14-12-10-8-6-4-2/h17-20,47-48,51-54H,3-16,21-46H2,1-2H3/p+2/b19-17-,20-18-. The van der Waals surface area contributed by atoms with E-state index in [0.29, 0.717) is 39.3 Å². The van der Waals surface area contributed by atoms with Crippen LogP contribution in [-0.2, 0) is 9.47 Å². The minimum Gasteiger partial charge on any atom is -0.373 e. The first-order valence-electron chi connectivity index (χ1n) is 24.3. The summed E-state index contributed by atoms with van der Waals surface area (Å²) < 4.78 is 11.8. The monoisotopic (exact) mass is 799 g/mol. The van der Waals surface area contributed by atoms with Crippen LogP contribution < -0.4 is 9.80 Å². The molecule has 0 aliphatic heterocycles. The Hall–Kier alpha value is -0.840. The lowest BCUT2D eigenvalue weighted by Gasteiger charge is -2.21. The molecule has 2 unspecified atom stereocenters. The number of quaternary nitrogens is 2. The van der Waals surface area contributed by atoms with Crippen molar-refractivity contribution in [2.75, 3.05) is 65.7 Å². The lowest BCUT2D eigenvalue weighted by atomic mass is 10.1. The third-order valence-corrected chi connectivity index (χ3v) is 11.2. The predicted molar refractivity (Wildman–Crippen MR) is 237 cm³/mol. The van der Waals surface area contributed by atoms with Crippen LogP contribution in [0.2, 0.25) is 0 Å². The van der Waals surface area contributed by atoms with Gasteiger partial charge in [0.1, 0.15) is 13.1 Å². The van der Waals surface area contributed by atoms with Crippen LogP contribution in [0.1, 0.15) is 206 Å². The minimum absolute atomic E-state index is 0.397. The molecule has 0 spiro atoms. The summed E-state index contributed by atoms with van der Waals surface area (Å²) in [5.41, 5.74) is 0. The number of aliphatic hydroxyl groups excluding tert-OH is 2. The fourth-order valence-corrected chi connectivity index (χ4v) is 7.42. The van der Waals surface area contributed by atoms with Gasteiger partial charge in [-0.3, -0.25) is 0 Å². The van der Waals surface area contributed by atoms with Gasteiger partial charge >= 0.3 is 0 Å². The predicted octanol–water partition coefficient (Wildman–Crippen LogP) is 8.27. The van der Waals surface area contributed by atoms with E-state index in [-0.39, 0.29) is 0 Å². The van der Waals surface area contributed by atoms with Gasteiger partial charge in [0.2, 0.25) is 0 Å². The molecule has 0 bridgehead atoms. The van der Waals surface area contributed by atoms with Gasteiger partial charge in [0.25, 0.3) is 0 Å². The summed E-state index contributed by atoms with van der Waals surface area (Å²) in [6.07, 6.45) is 44.5. The lowest BCUT2D eigenvalue weighted by molar-refractivity contribution is -0.901. The molecule has 2 atom stereocenters. The van der Waals surface area contributed by atoms with Crippen molar-refractivity contribution in [1.29, 1.82) is 0 Å². The van der Waals surface area contributed by atoms with Gasteiger partial charge in [-0.25, -0.2) is 0 Å².